The number of carbonyl (C=O) groups is 2. The number of amides is 1. The standard InChI is InChI=1S/C16H20N2O4S/c1-10-6-14(19)12(13(10)9-18(21)22)7-16(20)17-4-2-15-11(8-17)3-5-23-15/h3,5,10,12-13H,2,4,6-9H2,1H3/t10-,12-,13+/m1/s1. The fourth-order valence-corrected chi connectivity index (χ4v) is 4.67. The summed E-state index contributed by atoms with van der Waals surface area (Å²) < 4.78 is 0. The van der Waals surface area contributed by atoms with Gasteiger partial charge in [0.15, 0.2) is 0 Å². The van der Waals surface area contributed by atoms with E-state index in [1.54, 1.807) is 16.2 Å². The van der Waals surface area contributed by atoms with Gasteiger partial charge in [-0.15, -0.1) is 11.3 Å². The van der Waals surface area contributed by atoms with Crippen LogP contribution in [0.3, 0.4) is 0 Å². The molecule has 1 amide bonds. The second-order valence-electron chi connectivity index (χ2n) is 6.57. The highest BCUT2D eigenvalue weighted by Crippen LogP contribution is 2.37. The Balaban J connectivity index is 1.67. The van der Waals surface area contributed by atoms with Crippen molar-refractivity contribution < 1.29 is 14.5 Å². The van der Waals surface area contributed by atoms with Crippen molar-refractivity contribution in [1.82, 2.24) is 4.90 Å². The maximum Gasteiger partial charge on any atom is 0.223 e. The Morgan fingerprint density at radius 1 is 1.52 bits per heavy atom. The van der Waals surface area contributed by atoms with Crippen LogP contribution >= 0.6 is 11.3 Å². The Labute approximate surface area is 138 Å². The SMILES string of the molecule is C[C@@H]1CC(=O)[C@H](CC(=O)N2CCc3sccc3C2)[C@H]1C[N+](=O)[O-]. The predicted molar refractivity (Wildman–Crippen MR) is 85.7 cm³/mol. The molecule has 1 aromatic rings. The Kier molecular flexibility index (Phi) is 4.48. The highest BCUT2D eigenvalue weighted by Gasteiger charge is 2.44. The molecule has 3 atom stereocenters. The van der Waals surface area contributed by atoms with Crippen molar-refractivity contribution in [2.75, 3.05) is 13.1 Å². The van der Waals surface area contributed by atoms with Crippen LogP contribution < -0.4 is 0 Å². The molecule has 23 heavy (non-hydrogen) atoms. The Hall–Kier alpha value is -1.76. The van der Waals surface area contributed by atoms with E-state index in [9.17, 15) is 19.7 Å². The number of thiophene rings is 1. The normalized spacial score (nSPS) is 27.1. The van der Waals surface area contributed by atoms with Gasteiger partial charge in [0.2, 0.25) is 12.5 Å². The lowest BCUT2D eigenvalue weighted by atomic mass is 9.87. The lowest BCUT2D eigenvalue weighted by Crippen LogP contribution is -2.38. The molecule has 0 bridgehead atoms. The van der Waals surface area contributed by atoms with Gasteiger partial charge in [-0.05, 0) is 29.3 Å². The van der Waals surface area contributed by atoms with Gasteiger partial charge in [0.05, 0.1) is 0 Å². The first-order valence-electron chi connectivity index (χ1n) is 7.93. The van der Waals surface area contributed by atoms with Gasteiger partial charge in [-0.25, -0.2) is 0 Å². The lowest BCUT2D eigenvalue weighted by molar-refractivity contribution is -0.490. The second-order valence-corrected chi connectivity index (χ2v) is 7.57. The third kappa shape index (κ3) is 3.29. The van der Waals surface area contributed by atoms with Gasteiger partial charge in [0.1, 0.15) is 5.78 Å². The number of rotatable bonds is 4. The summed E-state index contributed by atoms with van der Waals surface area (Å²) >= 11 is 1.71. The van der Waals surface area contributed by atoms with Crippen molar-refractivity contribution >= 4 is 23.0 Å². The number of fused-ring (bicyclic) bond motifs is 1. The van der Waals surface area contributed by atoms with Crippen molar-refractivity contribution in [1.29, 1.82) is 0 Å². The van der Waals surface area contributed by atoms with Gasteiger partial charge in [0, 0.05) is 47.6 Å². The molecule has 0 N–H and O–H groups in total. The molecule has 0 unspecified atom stereocenters. The average Bonchev–Trinajstić information content (AvgIpc) is 3.05. The topological polar surface area (TPSA) is 80.5 Å². The third-order valence-corrected chi connectivity index (χ3v) is 6.12. The zero-order chi connectivity index (χ0) is 16.6. The molecule has 0 saturated heterocycles. The second kappa shape index (κ2) is 6.39. The van der Waals surface area contributed by atoms with Crippen molar-refractivity contribution in [3.8, 4) is 0 Å². The fourth-order valence-electron chi connectivity index (χ4n) is 3.78. The first kappa shape index (κ1) is 16.1. The molecule has 124 valence electrons. The molecule has 0 spiro atoms. The number of ketones is 1. The summed E-state index contributed by atoms with van der Waals surface area (Å²) in [4.78, 5) is 38.3. The number of Topliss-reactive ketones (excluding diaryl/α,β-unsaturated/α-hetero) is 1. The Bertz CT molecular complexity index is 642. The van der Waals surface area contributed by atoms with Gasteiger partial charge in [-0.2, -0.15) is 0 Å². The highest BCUT2D eigenvalue weighted by atomic mass is 32.1. The van der Waals surface area contributed by atoms with Crippen LogP contribution in [0.1, 0.15) is 30.2 Å². The first-order chi connectivity index (χ1) is 11.0. The zero-order valence-corrected chi connectivity index (χ0v) is 13.9. The van der Waals surface area contributed by atoms with E-state index in [4.69, 9.17) is 0 Å². The summed E-state index contributed by atoms with van der Waals surface area (Å²) in [6, 6.07) is 2.04. The van der Waals surface area contributed by atoms with Crippen LogP contribution in [0, 0.1) is 27.9 Å². The fraction of sp³-hybridized carbons (Fsp3) is 0.625. The van der Waals surface area contributed by atoms with Crippen molar-refractivity contribution in [2.45, 2.75) is 32.7 Å². The lowest BCUT2D eigenvalue weighted by Gasteiger charge is -2.28. The maximum absolute atomic E-state index is 12.6. The average molecular weight is 336 g/mol. The van der Waals surface area contributed by atoms with Gasteiger partial charge >= 0.3 is 0 Å². The molecular weight excluding hydrogens is 316 g/mol. The third-order valence-electron chi connectivity index (χ3n) is 5.10. The van der Waals surface area contributed by atoms with E-state index < -0.39 is 5.92 Å². The molecule has 1 aliphatic heterocycles. The van der Waals surface area contributed by atoms with Crippen LogP contribution in [-0.4, -0.2) is 34.6 Å². The molecule has 2 heterocycles. The molecule has 1 aromatic heterocycles. The van der Waals surface area contributed by atoms with E-state index in [1.165, 1.54) is 10.4 Å². The van der Waals surface area contributed by atoms with E-state index in [2.05, 4.69) is 0 Å². The van der Waals surface area contributed by atoms with E-state index in [0.717, 1.165) is 6.42 Å². The molecule has 3 rings (SSSR count). The largest absolute Gasteiger partial charge is 0.338 e. The molecular formula is C16H20N2O4S. The van der Waals surface area contributed by atoms with Crippen LogP contribution in [0.4, 0.5) is 0 Å². The van der Waals surface area contributed by atoms with Gasteiger partial charge in [0.25, 0.3) is 0 Å². The summed E-state index contributed by atoms with van der Waals surface area (Å²) in [5, 5.41) is 12.9. The van der Waals surface area contributed by atoms with E-state index in [1.807, 2.05) is 18.4 Å². The van der Waals surface area contributed by atoms with Crippen molar-refractivity contribution in [3.05, 3.63) is 32.0 Å². The maximum atomic E-state index is 12.6. The number of hydrogen-bond acceptors (Lipinski definition) is 5. The van der Waals surface area contributed by atoms with E-state index in [-0.39, 0.29) is 41.4 Å². The van der Waals surface area contributed by atoms with E-state index >= 15 is 0 Å². The smallest absolute Gasteiger partial charge is 0.223 e. The number of carbonyl (C=O) groups excluding carboxylic acids is 2. The quantitative estimate of drug-likeness (QED) is 0.623. The minimum absolute atomic E-state index is 0.00549. The molecule has 0 aromatic carbocycles. The van der Waals surface area contributed by atoms with E-state index in [0.29, 0.717) is 19.5 Å². The number of nitro groups is 1. The van der Waals surface area contributed by atoms with Crippen LogP contribution in [0.15, 0.2) is 11.4 Å². The van der Waals surface area contributed by atoms with Crippen LogP contribution in [0.2, 0.25) is 0 Å². The van der Waals surface area contributed by atoms with Crippen LogP contribution in [0.25, 0.3) is 0 Å². The van der Waals surface area contributed by atoms with Crippen LogP contribution in [0.5, 0.6) is 0 Å². The minimum Gasteiger partial charge on any atom is -0.338 e. The number of nitrogens with zero attached hydrogens (tertiary/aromatic N) is 2. The minimum atomic E-state index is -0.494. The summed E-state index contributed by atoms with van der Waals surface area (Å²) in [7, 11) is 0. The number of hydrogen-bond donors (Lipinski definition) is 0. The first-order valence-corrected chi connectivity index (χ1v) is 8.81. The molecule has 0 radical (unpaired) electrons. The summed E-state index contributed by atoms with van der Waals surface area (Å²) in [5.41, 5.74) is 1.18. The summed E-state index contributed by atoms with van der Waals surface area (Å²) in [6.45, 7) is 2.91. The van der Waals surface area contributed by atoms with Crippen molar-refractivity contribution in [2.24, 2.45) is 17.8 Å². The van der Waals surface area contributed by atoms with Gasteiger partial charge < -0.3 is 4.90 Å². The Morgan fingerprint density at radius 2 is 2.30 bits per heavy atom. The Morgan fingerprint density at radius 3 is 3.04 bits per heavy atom. The summed E-state index contributed by atoms with van der Waals surface area (Å²) in [6.07, 6.45) is 1.32. The molecule has 1 aliphatic carbocycles. The monoisotopic (exact) mass is 336 g/mol. The molecule has 7 heteroatoms. The molecule has 1 fully saturated rings. The molecule has 2 aliphatic rings. The highest BCUT2D eigenvalue weighted by molar-refractivity contribution is 7.10. The van der Waals surface area contributed by atoms with Gasteiger partial charge in [-0.3, -0.25) is 19.7 Å². The van der Waals surface area contributed by atoms with Crippen LogP contribution in [-0.2, 0) is 22.6 Å². The molecule has 6 nitrogen and oxygen atoms in total. The summed E-state index contributed by atoms with van der Waals surface area (Å²) in [5.74, 6) is -0.876. The zero-order valence-electron chi connectivity index (χ0n) is 13.1. The molecule has 1 saturated carbocycles. The van der Waals surface area contributed by atoms with Crippen molar-refractivity contribution in [3.63, 3.8) is 0 Å². The van der Waals surface area contributed by atoms with Gasteiger partial charge in [-0.1, -0.05) is 6.92 Å². The predicted octanol–water partition coefficient (Wildman–Crippen LogP) is 2.14.